The Hall–Kier alpha value is -1.35. The largest absolute Gasteiger partial charge is 0.396 e. The molecule has 1 heterocycles. The molecule has 17 heavy (non-hydrogen) atoms. The van der Waals surface area contributed by atoms with E-state index in [4.69, 9.17) is 5.11 Å². The molecule has 92 valence electrons. The fourth-order valence-electron chi connectivity index (χ4n) is 2.54. The van der Waals surface area contributed by atoms with Gasteiger partial charge in [-0.2, -0.15) is 0 Å². The van der Waals surface area contributed by atoms with Crippen molar-refractivity contribution in [3.8, 4) is 0 Å². The van der Waals surface area contributed by atoms with Crippen LogP contribution < -0.4 is 4.90 Å². The SMILES string of the molecule is CCc1c(CCO)cccc1N1CCCC1=O. The fraction of sp³-hybridized carbons (Fsp3) is 0.500. The average molecular weight is 233 g/mol. The minimum Gasteiger partial charge on any atom is -0.396 e. The highest BCUT2D eigenvalue weighted by atomic mass is 16.3. The van der Waals surface area contributed by atoms with Crippen molar-refractivity contribution >= 4 is 11.6 Å². The predicted molar refractivity (Wildman–Crippen MR) is 68.2 cm³/mol. The van der Waals surface area contributed by atoms with E-state index in [0.717, 1.165) is 30.6 Å². The number of nitrogens with zero attached hydrogens (tertiary/aromatic N) is 1. The van der Waals surface area contributed by atoms with Crippen molar-refractivity contribution in [3.05, 3.63) is 29.3 Å². The molecular formula is C14H19NO2. The number of amides is 1. The van der Waals surface area contributed by atoms with Crippen molar-refractivity contribution in [2.45, 2.75) is 32.6 Å². The fourth-order valence-corrected chi connectivity index (χ4v) is 2.54. The Morgan fingerprint density at radius 2 is 2.24 bits per heavy atom. The molecule has 0 bridgehead atoms. The summed E-state index contributed by atoms with van der Waals surface area (Å²) in [5, 5.41) is 9.07. The molecular weight excluding hydrogens is 214 g/mol. The van der Waals surface area contributed by atoms with Gasteiger partial charge < -0.3 is 10.0 Å². The van der Waals surface area contributed by atoms with Crippen LogP contribution in [0.4, 0.5) is 5.69 Å². The van der Waals surface area contributed by atoms with Gasteiger partial charge in [0, 0.05) is 25.3 Å². The zero-order valence-corrected chi connectivity index (χ0v) is 10.3. The maximum Gasteiger partial charge on any atom is 0.227 e. The Morgan fingerprint density at radius 1 is 1.41 bits per heavy atom. The van der Waals surface area contributed by atoms with Crippen LogP contribution in [0.15, 0.2) is 18.2 Å². The Labute approximate surface area is 102 Å². The van der Waals surface area contributed by atoms with Gasteiger partial charge in [0.05, 0.1) is 0 Å². The molecule has 1 aromatic rings. The van der Waals surface area contributed by atoms with Crippen LogP contribution in [-0.2, 0) is 17.6 Å². The first-order valence-corrected chi connectivity index (χ1v) is 6.30. The maximum atomic E-state index is 11.8. The van der Waals surface area contributed by atoms with Crippen molar-refractivity contribution in [2.75, 3.05) is 18.1 Å². The van der Waals surface area contributed by atoms with E-state index in [1.54, 1.807) is 0 Å². The van der Waals surface area contributed by atoms with Gasteiger partial charge in [-0.25, -0.2) is 0 Å². The molecule has 1 aliphatic rings. The molecule has 1 saturated heterocycles. The number of anilines is 1. The lowest BCUT2D eigenvalue weighted by atomic mass is 10.00. The Kier molecular flexibility index (Phi) is 3.79. The summed E-state index contributed by atoms with van der Waals surface area (Å²) in [6.07, 6.45) is 3.17. The van der Waals surface area contributed by atoms with Crippen LogP contribution in [0.1, 0.15) is 30.9 Å². The Bertz CT molecular complexity index is 415. The first kappa shape index (κ1) is 12.1. The highest BCUT2D eigenvalue weighted by molar-refractivity contribution is 5.96. The number of carbonyl (C=O) groups excluding carboxylic acids is 1. The summed E-state index contributed by atoms with van der Waals surface area (Å²) in [6, 6.07) is 6.03. The molecule has 0 unspecified atom stereocenters. The van der Waals surface area contributed by atoms with Crippen LogP contribution in [0.3, 0.4) is 0 Å². The number of hydrogen-bond donors (Lipinski definition) is 1. The lowest BCUT2D eigenvalue weighted by Gasteiger charge is -2.21. The second-order valence-corrected chi connectivity index (χ2v) is 4.39. The van der Waals surface area contributed by atoms with Crippen molar-refractivity contribution in [2.24, 2.45) is 0 Å². The van der Waals surface area contributed by atoms with Gasteiger partial charge in [0.1, 0.15) is 0 Å². The first-order chi connectivity index (χ1) is 8.27. The van der Waals surface area contributed by atoms with E-state index in [1.807, 2.05) is 23.1 Å². The van der Waals surface area contributed by atoms with Crippen LogP contribution in [0.25, 0.3) is 0 Å². The summed E-state index contributed by atoms with van der Waals surface area (Å²) < 4.78 is 0. The van der Waals surface area contributed by atoms with Crippen molar-refractivity contribution in [3.63, 3.8) is 0 Å². The minimum atomic E-state index is 0.157. The third-order valence-corrected chi connectivity index (χ3v) is 3.35. The molecule has 0 aliphatic carbocycles. The van der Waals surface area contributed by atoms with Gasteiger partial charge in [-0.3, -0.25) is 4.79 Å². The minimum absolute atomic E-state index is 0.157. The number of hydrogen-bond acceptors (Lipinski definition) is 2. The van der Waals surface area contributed by atoms with E-state index < -0.39 is 0 Å². The van der Waals surface area contributed by atoms with Crippen LogP contribution in [0, 0.1) is 0 Å². The van der Waals surface area contributed by atoms with E-state index >= 15 is 0 Å². The topological polar surface area (TPSA) is 40.5 Å². The zero-order chi connectivity index (χ0) is 12.3. The van der Waals surface area contributed by atoms with E-state index in [-0.39, 0.29) is 12.5 Å². The lowest BCUT2D eigenvalue weighted by molar-refractivity contribution is -0.117. The lowest BCUT2D eigenvalue weighted by Crippen LogP contribution is -2.25. The smallest absolute Gasteiger partial charge is 0.227 e. The molecule has 0 saturated carbocycles. The summed E-state index contributed by atoms with van der Waals surface area (Å²) in [4.78, 5) is 13.7. The molecule has 0 aromatic heterocycles. The van der Waals surface area contributed by atoms with Crippen LogP contribution in [-0.4, -0.2) is 24.2 Å². The summed E-state index contributed by atoms with van der Waals surface area (Å²) in [5.41, 5.74) is 3.41. The van der Waals surface area contributed by atoms with Gasteiger partial charge in [0.25, 0.3) is 0 Å². The van der Waals surface area contributed by atoms with Crippen molar-refractivity contribution in [1.82, 2.24) is 0 Å². The molecule has 1 aliphatic heterocycles. The van der Waals surface area contributed by atoms with Crippen LogP contribution in [0.5, 0.6) is 0 Å². The van der Waals surface area contributed by atoms with Crippen LogP contribution >= 0.6 is 0 Å². The monoisotopic (exact) mass is 233 g/mol. The Balaban J connectivity index is 2.38. The second-order valence-electron chi connectivity index (χ2n) is 4.39. The molecule has 0 radical (unpaired) electrons. The Morgan fingerprint density at radius 3 is 2.82 bits per heavy atom. The number of aliphatic hydroxyl groups is 1. The summed E-state index contributed by atoms with van der Waals surface area (Å²) in [6.45, 7) is 3.08. The van der Waals surface area contributed by atoms with E-state index in [1.165, 1.54) is 5.56 Å². The van der Waals surface area contributed by atoms with Gasteiger partial charge in [-0.1, -0.05) is 19.1 Å². The summed E-state index contributed by atoms with van der Waals surface area (Å²) in [5.74, 6) is 0.223. The average Bonchev–Trinajstić information content (AvgIpc) is 2.75. The van der Waals surface area contributed by atoms with Gasteiger partial charge in [-0.05, 0) is 36.5 Å². The molecule has 3 heteroatoms. The van der Waals surface area contributed by atoms with Gasteiger partial charge >= 0.3 is 0 Å². The van der Waals surface area contributed by atoms with Gasteiger partial charge in [0.2, 0.25) is 5.91 Å². The molecule has 1 aromatic carbocycles. The third kappa shape index (κ3) is 2.34. The molecule has 1 N–H and O–H groups in total. The van der Waals surface area contributed by atoms with E-state index in [2.05, 4.69) is 6.92 Å². The first-order valence-electron chi connectivity index (χ1n) is 6.30. The number of aliphatic hydroxyl groups excluding tert-OH is 1. The quantitative estimate of drug-likeness (QED) is 0.863. The van der Waals surface area contributed by atoms with Crippen molar-refractivity contribution in [1.29, 1.82) is 0 Å². The molecule has 1 fully saturated rings. The van der Waals surface area contributed by atoms with E-state index in [9.17, 15) is 4.79 Å². The third-order valence-electron chi connectivity index (χ3n) is 3.35. The highest BCUT2D eigenvalue weighted by Crippen LogP contribution is 2.28. The maximum absolute atomic E-state index is 11.8. The standard InChI is InChI=1S/C14H19NO2/c1-2-12-11(8-10-16)5-3-6-13(12)15-9-4-7-14(15)17/h3,5-6,16H,2,4,7-10H2,1H3. The second kappa shape index (κ2) is 5.32. The number of rotatable bonds is 4. The van der Waals surface area contributed by atoms with Gasteiger partial charge in [0.15, 0.2) is 0 Å². The van der Waals surface area contributed by atoms with Crippen LogP contribution in [0.2, 0.25) is 0 Å². The molecule has 3 nitrogen and oxygen atoms in total. The molecule has 0 atom stereocenters. The van der Waals surface area contributed by atoms with Crippen molar-refractivity contribution < 1.29 is 9.90 Å². The number of benzene rings is 1. The predicted octanol–water partition coefficient (Wildman–Crippen LogP) is 1.91. The van der Waals surface area contributed by atoms with E-state index in [0.29, 0.717) is 12.8 Å². The summed E-state index contributed by atoms with van der Waals surface area (Å²) in [7, 11) is 0. The zero-order valence-electron chi connectivity index (χ0n) is 10.3. The molecule has 1 amide bonds. The normalized spacial score (nSPS) is 15.6. The molecule has 0 spiro atoms. The highest BCUT2D eigenvalue weighted by Gasteiger charge is 2.24. The molecule has 2 rings (SSSR count). The van der Waals surface area contributed by atoms with Gasteiger partial charge in [-0.15, -0.1) is 0 Å². The number of carbonyl (C=O) groups is 1. The summed E-state index contributed by atoms with van der Waals surface area (Å²) >= 11 is 0.